The van der Waals surface area contributed by atoms with Crippen LogP contribution in [0.15, 0.2) is 24.3 Å². The Morgan fingerprint density at radius 3 is 2.06 bits per heavy atom. The molecule has 0 bridgehead atoms. The molecule has 0 saturated heterocycles. The lowest BCUT2D eigenvalue weighted by molar-refractivity contribution is -0.140. The maximum atomic E-state index is 5.74. The third-order valence-corrected chi connectivity index (χ3v) is 2.88. The van der Waals surface area contributed by atoms with Crippen LogP contribution in [0.5, 0.6) is 5.75 Å². The van der Waals surface area contributed by atoms with E-state index in [0.29, 0.717) is 5.92 Å². The van der Waals surface area contributed by atoms with Crippen molar-refractivity contribution in [1.82, 2.24) is 0 Å². The van der Waals surface area contributed by atoms with E-state index in [1.165, 1.54) is 5.56 Å². The van der Waals surface area contributed by atoms with E-state index in [1.807, 2.05) is 39.8 Å². The van der Waals surface area contributed by atoms with Crippen molar-refractivity contribution in [3.05, 3.63) is 29.8 Å². The molecule has 1 rings (SSSR count). The van der Waals surface area contributed by atoms with Gasteiger partial charge in [0.15, 0.2) is 6.29 Å². The van der Waals surface area contributed by atoms with Gasteiger partial charge in [0.2, 0.25) is 0 Å². The van der Waals surface area contributed by atoms with Gasteiger partial charge < -0.3 is 9.47 Å². The fourth-order valence-electron chi connectivity index (χ4n) is 1.82. The fourth-order valence-corrected chi connectivity index (χ4v) is 1.82. The highest BCUT2D eigenvalue weighted by atomic mass is 16.7. The molecule has 0 radical (unpaired) electrons. The highest BCUT2D eigenvalue weighted by Gasteiger charge is 2.16. The molecule has 2 atom stereocenters. The van der Waals surface area contributed by atoms with Gasteiger partial charge >= 0.3 is 0 Å². The van der Waals surface area contributed by atoms with Crippen molar-refractivity contribution in [3.63, 3.8) is 0 Å². The lowest BCUT2D eigenvalue weighted by Crippen LogP contribution is -2.29. The Kier molecular flexibility index (Phi) is 5.21. The zero-order valence-corrected chi connectivity index (χ0v) is 12.5. The first-order chi connectivity index (χ1) is 8.31. The van der Waals surface area contributed by atoms with Gasteiger partial charge in [-0.3, -0.25) is 0 Å². The van der Waals surface area contributed by atoms with Crippen molar-refractivity contribution in [2.24, 2.45) is 0 Å². The standard InChI is InChI=1S/C16H26O2/c1-7-12(2)14-8-10-15(11-9-14)17-13(3)18-16(4,5)6/h8-13H,7H2,1-6H3. The zero-order chi connectivity index (χ0) is 13.8. The van der Waals surface area contributed by atoms with Gasteiger partial charge in [-0.05, 0) is 57.7 Å². The molecule has 0 aromatic heterocycles. The first kappa shape index (κ1) is 15.0. The molecule has 2 nitrogen and oxygen atoms in total. The number of benzene rings is 1. The maximum absolute atomic E-state index is 5.74. The molecule has 2 unspecified atom stereocenters. The van der Waals surface area contributed by atoms with Crippen LogP contribution in [-0.2, 0) is 4.74 Å². The quantitative estimate of drug-likeness (QED) is 0.703. The van der Waals surface area contributed by atoms with Gasteiger partial charge in [-0.1, -0.05) is 26.0 Å². The van der Waals surface area contributed by atoms with Crippen molar-refractivity contribution in [2.75, 3.05) is 0 Å². The molecule has 102 valence electrons. The second kappa shape index (κ2) is 6.24. The summed E-state index contributed by atoms with van der Waals surface area (Å²) in [7, 11) is 0. The van der Waals surface area contributed by atoms with Crippen molar-refractivity contribution < 1.29 is 9.47 Å². The van der Waals surface area contributed by atoms with E-state index in [2.05, 4.69) is 26.0 Å². The maximum Gasteiger partial charge on any atom is 0.197 e. The average molecular weight is 250 g/mol. The Balaban J connectivity index is 2.58. The molecule has 1 aromatic carbocycles. The van der Waals surface area contributed by atoms with E-state index in [4.69, 9.17) is 9.47 Å². The van der Waals surface area contributed by atoms with Gasteiger partial charge in [0.25, 0.3) is 0 Å². The minimum Gasteiger partial charge on any atom is -0.465 e. The van der Waals surface area contributed by atoms with Crippen LogP contribution >= 0.6 is 0 Å². The Morgan fingerprint density at radius 1 is 1.06 bits per heavy atom. The van der Waals surface area contributed by atoms with Gasteiger partial charge in [0, 0.05) is 0 Å². The smallest absolute Gasteiger partial charge is 0.197 e. The van der Waals surface area contributed by atoms with Gasteiger partial charge in [0.1, 0.15) is 5.75 Å². The summed E-state index contributed by atoms with van der Waals surface area (Å²) in [6, 6.07) is 8.30. The third-order valence-electron chi connectivity index (χ3n) is 2.88. The fraction of sp³-hybridized carbons (Fsp3) is 0.625. The molecule has 2 heteroatoms. The molecule has 0 amide bonds. The number of ether oxygens (including phenoxy) is 2. The second-order valence-electron chi connectivity index (χ2n) is 5.79. The molecule has 0 heterocycles. The lowest BCUT2D eigenvalue weighted by atomic mass is 9.99. The SMILES string of the molecule is CCC(C)c1ccc(OC(C)OC(C)(C)C)cc1. The average Bonchev–Trinajstić information content (AvgIpc) is 2.26. The van der Waals surface area contributed by atoms with Crippen LogP contribution in [0.25, 0.3) is 0 Å². The summed E-state index contributed by atoms with van der Waals surface area (Å²) in [5.74, 6) is 1.46. The summed E-state index contributed by atoms with van der Waals surface area (Å²) in [5, 5.41) is 0. The molecule has 18 heavy (non-hydrogen) atoms. The van der Waals surface area contributed by atoms with Gasteiger partial charge in [-0.2, -0.15) is 0 Å². The van der Waals surface area contributed by atoms with Crippen LogP contribution in [0.4, 0.5) is 0 Å². The lowest BCUT2D eigenvalue weighted by Gasteiger charge is -2.25. The minimum atomic E-state index is -0.237. The van der Waals surface area contributed by atoms with E-state index in [0.717, 1.165) is 12.2 Å². The van der Waals surface area contributed by atoms with Gasteiger partial charge in [-0.25, -0.2) is 0 Å². The van der Waals surface area contributed by atoms with Crippen molar-refractivity contribution in [3.8, 4) is 5.75 Å². The van der Waals surface area contributed by atoms with Crippen molar-refractivity contribution in [1.29, 1.82) is 0 Å². The van der Waals surface area contributed by atoms with Gasteiger partial charge in [0.05, 0.1) is 5.60 Å². The van der Waals surface area contributed by atoms with E-state index < -0.39 is 0 Å². The van der Waals surface area contributed by atoms with Crippen LogP contribution < -0.4 is 4.74 Å². The minimum absolute atomic E-state index is 0.184. The van der Waals surface area contributed by atoms with Crippen molar-refractivity contribution >= 4 is 0 Å². The number of hydrogen-bond acceptors (Lipinski definition) is 2. The number of rotatable bonds is 5. The molecular formula is C16H26O2. The molecular weight excluding hydrogens is 224 g/mol. The second-order valence-corrected chi connectivity index (χ2v) is 5.79. The normalized spacial score (nSPS) is 15.2. The van der Waals surface area contributed by atoms with E-state index in [-0.39, 0.29) is 11.9 Å². The van der Waals surface area contributed by atoms with E-state index in [1.54, 1.807) is 0 Å². The van der Waals surface area contributed by atoms with E-state index in [9.17, 15) is 0 Å². The summed E-state index contributed by atoms with van der Waals surface area (Å²) in [4.78, 5) is 0. The molecule has 0 aliphatic carbocycles. The molecule has 0 aliphatic heterocycles. The molecule has 0 spiro atoms. The van der Waals surface area contributed by atoms with Crippen LogP contribution in [0.1, 0.15) is 59.4 Å². The predicted molar refractivity (Wildman–Crippen MR) is 76.1 cm³/mol. The van der Waals surface area contributed by atoms with Crippen LogP contribution in [0.2, 0.25) is 0 Å². The van der Waals surface area contributed by atoms with Crippen LogP contribution in [0.3, 0.4) is 0 Å². The Hall–Kier alpha value is -1.02. The Morgan fingerprint density at radius 2 is 1.61 bits per heavy atom. The summed E-state index contributed by atoms with van der Waals surface area (Å²) in [6.07, 6.45) is 0.920. The summed E-state index contributed by atoms with van der Waals surface area (Å²) >= 11 is 0. The highest BCUT2D eigenvalue weighted by Crippen LogP contribution is 2.22. The summed E-state index contributed by atoms with van der Waals surface area (Å²) < 4.78 is 11.5. The largest absolute Gasteiger partial charge is 0.465 e. The van der Waals surface area contributed by atoms with Crippen molar-refractivity contribution in [2.45, 2.75) is 65.8 Å². The first-order valence-corrected chi connectivity index (χ1v) is 6.76. The zero-order valence-electron chi connectivity index (χ0n) is 12.5. The molecule has 0 aliphatic rings. The first-order valence-electron chi connectivity index (χ1n) is 6.76. The van der Waals surface area contributed by atoms with Crippen LogP contribution in [0, 0.1) is 0 Å². The number of hydrogen-bond donors (Lipinski definition) is 0. The summed E-state index contributed by atoms with van der Waals surface area (Å²) in [5.41, 5.74) is 1.17. The third kappa shape index (κ3) is 5.09. The Bertz CT molecular complexity index is 348. The van der Waals surface area contributed by atoms with E-state index >= 15 is 0 Å². The Labute approximate surface area is 111 Å². The highest BCUT2D eigenvalue weighted by molar-refractivity contribution is 5.29. The molecule has 0 fully saturated rings. The predicted octanol–water partition coefficient (Wildman–Crippen LogP) is 4.74. The monoisotopic (exact) mass is 250 g/mol. The van der Waals surface area contributed by atoms with Gasteiger partial charge in [-0.15, -0.1) is 0 Å². The molecule has 1 aromatic rings. The topological polar surface area (TPSA) is 18.5 Å². The van der Waals surface area contributed by atoms with Crippen LogP contribution in [-0.4, -0.2) is 11.9 Å². The molecule has 0 saturated carbocycles. The summed E-state index contributed by atoms with van der Waals surface area (Å²) in [6.45, 7) is 12.4. The molecule has 0 N–H and O–H groups in total.